The van der Waals surface area contributed by atoms with Gasteiger partial charge in [-0.05, 0) is 12.5 Å². The van der Waals surface area contributed by atoms with Crippen LogP contribution < -0.4 is 0 Å². The topological polar surface area (TPSA) is 63.8 Å². The van der Waals surface area contributed by atoms with Crippen molar-refractivity contribution in [1.82, 2.24) is 20.0 Å². The molecule has 1 atom stereocenters. The number of nitrogens with zero attached hydrogens (tertiary/aromatic N) is 4. The van der Waals surface area contributed by atoms with Crippen molar-refractivity contribution in [2.45, 2.75) is 26.0 Å². The smallest absolute Gasteiger partial charge is 0.141 e. The van der Waals surface area contributed by atoms with Crippen LogP contribution in [0.4, 0.5) is 4.39 Å². The first-order valence-electron chi connectivity index (χ1n) is 5.39. The van der Waals surface area contributed by atoms with E-state index < -0.39 is 11.9 Å². The van der Waals surface area contributed by atoms with Crippen molar-refractivity contribution in [2.24, 2.45) is 0 Å². The molecule has 0 aliphatic rings. The number of aliphatic hydroxyl groups excluding tert-OH is 1. The first-order chi connectivity index (χ1) is 8.22. The molecule has 0 saturated carbocycles. The quantitative estimate of drug-likeness (QED) is 0.869. The normalized spacial score (nSPS) is 12.6. The second kappa shape index (κ2) is 5.01. The number of hydrogen-bond donors (Lipinski definition) is 1. The molecule has 2 heterocycles. The van der Waals surface area contributed by atoms with Crippen molar-refractivity contribution in [2.75, 3.05) is 0 Å². The average Bonchev–Trinajstić information content (AvgIpc) is 2.77. The molecule has 1 unspecified atom stereocenters. The molecule has 0 aromatic carbocycles. The molecule has 0 radical (unpaired) electrons. The van der Waals surface area contributed by atoms with Crippen LogP contribution in [0.3, 0.4) is 0 Å². The lowest BCUT2D eigenvalue weighted by atomic mass is 10.1. The Bertz CT molecular complexity index is 500. The van der Waals surface area contributed by atoms with Crippen LogP contribution in [-0.4, -0.2) is 25.1 Å². The van der Waals surface area contributed by atoms with Gasteiger partial charge in [0.15, 0.2) is 0 Å². The lowest BCUT2D eigenvalue weighted by Crippen LogP contribution is -2.10. The van der Waals surface area contributed by atoms with Crippen LogP contribution in [0.15, 0.2) is 24.7 Å². The van der Waals surface area contributed by atoms with Crippen molar-refractivity contribution in [3.63, 3.8) is 0 Å². The molecule has 0 saturated heterocycles. The fourth-order valence-electron chi connectivity index (χ4n) is 1.61. The third-order valence-electron chi connectivity index (χ3n) is 2.40. The van der Waals surface area contributed by atoms with Gasteiger partial charge in [0.2, 0.25) is 0 Å². The highest BCUT2D eigenvalue weighted by atomic mass is 19.1. The molecule has 5 nitrogen and oxygen atoms in total. The first-order valence-corrected chi connectivity index (χ1v) is 5.39. The molecule has 0 bridgehead atoms. The van der Waals surface area contributed by atoms with Crippen LogP contribution in [0, 0.1) is 5.82 Å². The van der Waals surface area contributed by atoms with Gasteiger partial charge in [0.1, 0.15) is 11.9 Å². The summed E-state index contributed by atoms with van der Waals surface area (Å²) in [5.41, 5.74) is 0.934. The van der Waals surface area contributed by atoms with E-state index in [9.17, 15) is 9.50 Å². The zero-order chi connectivity index (χ0) is 12.3. The van der Waals surface area contributed by atoms with E-state index in [2.05, 4.69) is 15.3 Å². The van der Waals surface area contributed by atoms with Crippen molar-refractivity contribution in [3.8, 4) is 0 Å². The summed E-state index contributed by atoms with van der Waals surface area (Å²) >= 11 is 0. The molecule has 2 aromatic heterocycles. The van der Waals surface area contributed by atoms with Gasteiger partial charge >= 0.3 is 0 Å². The Balaban J connectivity index is 2.30. The number of pyridine rings is 1. The van der Waals surface area contributed by atoms with E-state index in [-0.39, 0.29) is 0 Å². The largest absolute Gasteiger partial charge is 0.382 e. The van der Waals surface area contributed by atoms with Gasteiger partial charge in [-0.2, -0.15) is 0 Å². The van der Waals surface area contributed by atoms with E-state index in [0.29, 0.717) is 17.8 Å². The number of aromatic nitrogens is 4. The Morgan fingerprint density at radius 2 is 2.24 bits per heavy atom. The summed E-state index contributed by atoms with van der Waals surface area (Å²) in [6.07, 6.45) is 3.92. The van der Waals surface area contributed by atoms with Gasteiger partial charge in [-0.25, -0.2) is 9.07 Å². The Labute approximate surface area is 97.9 Å². The highest BCUT2D eigenvalue weighted by Crippen LogP contribution is 2.20. The lowest BCUT2D eigenvalue weighted by molar-refractivity contribution is 0.206. The van der Waals surface area contributed by atoms with Gasteiger partial charge in [-0.1, -0.05) is 12.1 Å². The standard InChI is InChI=1S/C11H13FN4O/c1-2-3-16-10(7-14-15-16)11(17)8-4-9(12)6-13-5-8/h4-7,11,17H,2-3H2,1H3. The number of aliphatic hydroxyl groups is 1. The summed E-state index contributed by atoms with van der Waals surface area (Å²) in [7, 11) is 0. The Morgan fingerprint density at radius 1 is 1.41 bits per heavy atom. The Morgan fingerprint density at radius 3 is 2.94 bits per heavy atom. The maximum Gasteiger partial charge on any atom is 0.141 e. The van der Waals surface area contributed by atoms with Gasteiger partial charge < -0.3 is 5.11 Å². The fraction of sp³-hybridized carbons (Fsp3) is 0.364. The third-order valence-corrected chi connectivity index (χ3v) is 2.40. The molecule has 17 heavy (non-hydrogen) atoms. The number of aryl methyl sites for hydroxylation is 1. The SMILES string of the molecule is CCCn1nncc1C(O)c1cncc(F)c1. The number of hydrogen-bond acceptors (Lipinski definition) is 4. The van der Waals surface area contributed by atoms with Gasteiger partial charge in [0.05, 0.1) is 18.1 Å². The molecule has 90 valence electrons. The summed E-state index contributed by atoms with van der Waals surface area (Å²) in [6, 6.07) is 1.25. The molecule has 2 aromatic rings. The first kappa shape index (κ1) is 11.7. The van der Waals surface area contributed by atoms with Gasteiger partial charge in [0, 0.05) is 18.3 Å². The zero-order valence-corrected chi connectivity index (χ0v) is 9.41. The van der Waals surface area contributed by atoms with E-state index >= 15 is 0 Å². The van der Waals surface area contributed by atoms with Gasteiger partial charge in [-0.15, -0.1) is 5.10 Å². The van der Waals surface area contributed by atoms with Crippen LogP contribution in [-0.2, 0) is 6.54 Å². The summed E-state index contributed by atoms with van der Waals surface area (Å²) in [6.45, 7) is 2.66. The minimum Gasteiger partial charge on any atom is -0.382 e. The summed E-state index contributed by atoms with van der Waals surface area (Å²) in [4.78, 5) is 3.71. The van der Waals surface area contributed by atoms with Crippen LogP contribution in [0.25, 0.3) is 0 Å². The minimum absolute atomic E-state index is 0.393. The van der Waals surface area contributed by atoms with Crippen molar-refractivity contribution < 1.29 is 9.50 Å². The highest BCUT2D eigenvalue weighted by Gasteiger charge is 2.16. The molecular formula is C11H13FN4O. The van der Waals surface area contributed by atoms with Crippen LogP contribution in [0.2, 0.25) is 0 Å². The monoisotopic (exact) mass is 236 g/mol. The van der Waals surface area contributed by atoms with E-state index in [1.54, 1.807) is 4.68 Å². The molecule has 0 fully saturated rings. The third kappa shape index (κ3) is 2.47. The highest BCUT2D eigenvalue weighted by molar-refractivity contribution is 5.21. The summed E-state index contributed by atoms with van der Waals surface area (Å²) in [5, 5.41) is 17.7. The summed E-state index contributed by atoms with van der Waals surface area (Å²) in [5.74, 6) is -0.476. The number of halogens is 1. The Hall–Kier alpha value is -1.82. The second-order valence-electron chi connectivity index (χ2n) is 3.72. The predicted octanol–water partition coefficient (Wildman–Crippen LogP) is 1.30. The molecule has 1 N–H and O–H groups in total. The second-order valence-corrected chi connectivity index (χ2v) is 3.72. The minimum atomic E-state index is -0.959. The van der Waals surface area contributed by atoms with Crippen molar-refractivity contribution in [1.29, 1.82) is 0 Å². The maximum atomic E-state index is 13.0. The van der Waals surface area contributed by atoms with Crippen molar-refractivity contribution >= 4 is 0 Å². The van der Waals surface area contributed by atoms with Gasteiger partial charge in [0.25, 0.3) is 0 Å². The predicted molar refractivity (Wildman–Crippen MR) is 58.6 cm³/mol. The summed E-state index contributed by atoms with van der Waals surface area (Å²) < 4.78 is 14.6. The van der Waals surface area contributed by atoms with Crippen molar-refractivity contribution in [3.05, 3.63) is 41.7 Å². The van der Waals surface area contributed by atoms with E-state index in [1.807, 2.05) is 6.92 Å². The molecule has 2 rings (SSSR count). The number of rotatable bonds is 4. The van der Waals surface area contributed by atoms with Gasteiger partial charge in [-0.3, -0.25) is 4.98 Å². The molecule has 0 spiro atoms. The zero-order valence-electron chi connectivity index (χ0n) is 9.41. The van der Waals surface area contributed by atoms with E-state index in [1.165, 1.54) is 18.5 Å². The molecular weight excluding hydrogens is 223 g/mol. The van der Waals surface area contributed by atoms with E-state index in [0.717, 1.165) is 12.6 Å². The molecule has 0 amide bonds. The van der Waals surface area contributed by atoms with Crippen LogP contribution >= 0.6 is 0 Å². The van der Waals surface area contributed by atoms with Crippen LogP contribution in [0.5, 0.6) is 0 Å². The Kier molecular flexibility index (Phi) is 3.43. The van der Waals surface area contributed by atoms with E-state index in [4.69, 9.17) is 0 Å². The maximum absolute atomic E-state index is 13.0. The molecule has 6 heteroatoms. The molecule has 0 aliphatic carbocycles. The lowest BCUT2D eigenvalue weighted by Gasteiger charge is -2.11. The fourth-order valence-corrected chi connectivity index (χ4v) is 1.61. The average molecular weight is 236 g/mol. The van der Waals surface area contributed by atoms with Crippen LogP contribution in [0.1, 0.15) is 30.7 Å². The molecule has 0 aliphatic heterocycles.